The minimum absolute atomic E-state index is 0.735. The summed E-state index contributed by atoms with van der Waals surface area (Å²) in [6.07, 6.45) is 4.38. The molecule has 0 saturated carbocycles. The van der Waals surface area contributed by atoms with Crippen LogP contribution in [0.2, 0.25) is 0 Å². The summed E-state index contributed by atoms with van der Waals surface area (Å²) < 4.78 is 0. The van der Waals surface area contributed by atoms with Crippen LogP contribution in [0.5, 0.6) is 0 Å². The van der Waals surface area contributed by atoms with Gasteiger partial charge in [0.15, 0.2) is 0 Å². The third kappa shape index (κ3) is 3.04. The second-order valence-electron chi connectivity index (χ2n) is 6.01. The normalized spacial score (nSPS) is 23.1. The quantitative estimate of drug-likeness (QED) is 0.868. The number of likely N-dealkylation sites (tertiary alicyclic amines) is 1. The first kappa shape index (κ1) is 13.6. The van der Waals surface area contributed by atoms with Crippen LogP contribution < -0.4 is 10.6 Å². The van der Waals surface area contributed by atoms with Gasteiger partial charge < -0.3 is 15.5 Å². The van der Waals surface area contributed by atoms with Crippen LogP contribution in [0.15, 0.2) is 18.3 Å². The zero-order chi connectivity index (χ0) is 13.9. The number of nitrogens with two attached hydrogens (primary N) is 1. The second kappa shape index (κ2) is 5.97. The maximum absolute atomic E-state index is 5.69. The Morgan fingerprint density at radius 2 is 1.75 bits per heavy atom. The maximum atomic E-state index is 5.69. The molecule has 0 radical (unpaired) electrons. The van der Waals surface area contributed by atoms with E-state index in [0.29, 0.717) is 0 Å². The number of anilines is 2. The molecular formula is C15H25N5. The Morgan fingerprint density at radius 1 is 1.05 bits per heavy atom. The fraction of sp³-hybridized carbons (Fsp3) is 0.667. The molecule has 3 rings (SSSR count). The predicted octanol–water partition coefficient (Wildman–Crippen LogP) is 0.880. The number of aromatic nitrogens is 1. The van der Waals surface area contributed by atoms with Gasteiger partial charge in [-0.05, 0) is 45.1 Å². The standard InChI is InChI=1S/C15H25N5/c1-18-6-4-14(5-7-18)19-8-10-20(11-9-19)15-3-2-13(16)12-17-15/h2-3,12,14H,4-11,16H2,1H3. The lowest BCUT2D eigenvalue weighted by Gasteiger charge is -2.42. The molecule has 110 valence electrons. The van der Waals surface area contributed by atoms with Gasteiger partial charge in [-0.1, -0.05) is 0 Å². The Labute approximate surface area is 121 Å². The van der Waals surface area contributed by atoms with Gasteiger partial charge in [-0.15, -0.1) is 0 Å². The molecule has 3 heterocycles. The number of piperidine rings is 1. The fourth-order valence-corrected chi connectivity index (χ4v) is 3.26. The van der Waals surface area contributed by atoms with Crippen LogP contribution in [0.1, 0.15) is 12.8 Å². The van der Waals surface area contributed by atoms with Crippen molar-refractivity contribution < 1.29 is 0 Å². The van der Waals surface area contributed by atoms with Crippen LogP contribution in [-0.2, 0) is 0 Å². The van der Waals surface area contributed by atoms with Gasteiger partial charge in [-0.2, -0.15) is 0 Å². The highest BCUT2D eigenvalue weighted by atomic mass is 15.3. The van der Waals surface area contributed by atoms with E-state index in [9.17, 15) is 0 Å². The van der Waals surface area contributed by atoms with Gasteiger partial charge in [0.1, 0.15) is 5.82 Å². The third-order valence-electron chi connectivity index (χ3n) is 4.61. The van der Waals surface area contributed by atoms with E-state index >= 15 is 0 Å². The molecule has 5 heteroatoms. The predicted molar refractivity (Wildman–Crippen MR) is 83.0 cm³/mol. The average Bonchev–Trinajstić information content (AvgIpc) is 2.49. The first-order valence-electron chi connectivity index (χ1n) is 7.61. The molecule has 2 N–H and O–H groups in total. The molecule has 0 bridgehead atoms. The van der Waals surface area contributed by atoms with Crippen LogP contribution in [0.25, 0.3) is 0 Å². The van der Waals surface area contributed by atoms with Crippen LogP contribution in [-0.4, -0.2) is 67.1 Å². The molecule has 2 saturated heterocycles. The van der Waals surface area contributed by atoms with Crippen molar-refractivity contribution >= 4 is 11.5 Å². The first-order chi connectivity index (χ1) is 9.72. The molecule has 2 fully saturated rings. The van der Waals surface area contributed by atoms with E-state index < -0.39 is 0 Å². The van der Waals surface area contributed by atoms with E-state index in [-0.39, 0.29) is 0 Å². The Bertz CT molecular complexity index is 416. The van der Waals surface area contributed by atoms with Crippen molar-refractivity contribution in [3.8, 4) is 0 Å². The molecule has 0 amide bonds. The molecule has 0 atom stereocenters. The minimum Gasteiger partial charge on any atom is -0.397 e. The summed E-state index contributed by atoms with van der Waals surface area (Å²) >= 11 is 0. The Hall–Kier alpha value is -1.33. The van der Waals surface area contributed by atoms with Crippen molar-refractivity contribution in [3.63, 3.8) is 0 Å². The van der Waals surface area contributed by atoms with Gasteiger partial charge in [0.05, 0.1) is 11.9 Å². The molecule has 0 aliphatic carbocycles. The number of pyridine rings is 1. The smallest absolute Gasteiger partial charge is 0.128 e. The van der Waals surface area contributed by atoms with Crippen LogP contribution in [0, 0.1) is 0 Å². The summed E-state index contributed by atoms with van der Waals surface area (Å²) in [6.45, 7) is 6.93. The van der Waals surface area contributed by atoms with Crippen molar-refractivity contribution in [1.29, 1.82) is 0 Å². The molecule has 0 aromatic carbocycles. The first-order valence-corrected chi connectivity index (χ1v) is 7.61. The Kier molecular flexibility index (Phi) is 4.08. The summed E-state index contributed by atoms with van der Waals surface area (Å²) in [7, 11) is 2.22. The number of hydrogen-bond donors (Lipinski definition) is 1. The molecule has 2 aliphatic heterocycles. The molecule has 5 nitrogen and oxygen atoms in total. The number of piperazine rings is 1. The van der Waals surface area contributed by atoms with E-state index in [0.717, 1.165) is 43.7 Å². The molecule has 0 spiro atoms. The summed E-state index contributed by atoms with van der Waals surface area (Å²) in [5.74, 6) is 1.06. The van der Waals surface area contributed by atoms with E-state index in [4.69, 9.17) is 5.73 Å². The lowest BCUT2D eigenvalue weighted by Crippen LogP contribution is -2.53. The Morgan fingerprint density at radius 3 is 2.35 bits per heavy atom. The number of hydrogen-bond acceptors (Lipinski definition) is 5. The zero-order valence-corrected chi connectivity index (χ0v) is 12.3. The summed E-state index contributed by atoms with van der Waals surface area (Å²) in [6, 6.07) is 4.75. The van der Waals surface area contributed by atoms with Crippen molar-refractivity contribution in [1.82, 2.24) is 14.8 Å². The van der Waals surface area contributed by atoms with Crippen LogP contribution >= 0.6 is 0 Å². The molecule has 1 aromatic rings. The van der Waals surface area contributed by atoms with Crippen molar-refractivity contribution in [2.75, 3.05) is 56.9 Å². The van der Waals surface area contributed by atoms with Crippen LogP contribution in [0.3, 0.4) is 0 Å². The van der Waals surface area contributed by atoms with Gasteiger partial charge in [0, 0.05) is 32.2 Å². The molecule has 1 aromatic heterocycles. The number of nitrogen functional groups attached to an aromatic ring is 1. The zero-order valence-electron chi connectivity index (χ0n) is 12.3. The molecule has 2 aliphatic rings. The molecule has 0 unspecified atom stereocenters. The molecular weight excluding hydrogens is 250 g/mol. The van der Waals surface area contributed by atoms with Crippen molar-refractivity contribution in [3.05, 3.63) is 18.3 Å². The minimum atomic E-state index is 0.735. The van der Waals surface area contributed by atoms with Crippen molar-refractivity contribution in [2.45, 2.75) is 18.9 Å². The highest BCUT2D eigenvalue weighted by molar-refractivity contribution is 5.46. The average molecular weight is 275 g/mol. The monoisotopic (exact) mass is 275 g/mol. The number of rotatable bonds is 2. The Balaban J connectivity index is 1.53. The summed E-state index contributed by atoms with van der Waals surface area (Å²) in [5, 5.41) is 0. The summed E-state index contributed by atoms with van der Waals surface area (Å²) in [5.41, 5.74) is 6.43. The van der Waals surface area contributed by atoms with Crippen molar-refractivity contribution in [2.24, 2.45) is 0 Å². The second-order valence-corrected chi connectivity index (χ2v) is 6.01. The van der Waals surface area contributed by atoms with Gasteiger partial charge in [0.2, 0.25) is 0 Å². The van der Waals surface area contributed by atoms with Gasteiger partial charge in [0.25, 0.3) is 0 Å². The number of nitrogens with zero attached hydrogens (tertiary/aromatic N) is 4. The van der Waals surface area contributed by atoms with Gasteiger partial charge in [-0.3, -0.25) is 4.90 Å². The highest BCUT2D eigenvalue weighted by Crippen LogP contribution is 2.20. The fourth-order valence-electron chi connectivity index (χ4n) is 3.26. The van der Waals surface area contributed by atoms with E-state index in [1.54, 1.807) is 6.20 Å². The van der Waals surface area contributed by atoms with E-state index in [1.807, 2.05) is 12.1 Å². The maximum Gasteiger partial charge on any atom is 0.128 e. The van der Waals surface area contributed by atoms with E-state index in [2.05, 4.69) is 26.7 Å². The SMILES string of the molecule is CN1CCC(N2CCN(c3ccc(N)cn3)CC2)CC1. The lowest BCUT2D eigenvalue weighted by molar-refractivity contribution is 0.115. The largest absolute Gasteiger partial charge is 0.397 e. The van der Waals surface area contributed by atoms with Gasteiger partial charge >= 0.3 is 0 Å². The van der Waals surface area contributed by atoms with Gasteiger partial charge in [-0.25, -0.2) is 4.98 Å². The molecule has 20 heavy (non-hydrogen) atoms. The third-order valence-corrected chi connectivity index (χ3v) is 4.61. The summed E-state index contributed by atoms with van der Waals surface area (Å²) in [4.78, 5) is 11.9. The lowest BCUT2D eigenvalue weighted by atomic mass is 10.0. The van der Waals surface area contributed by atoms with E-state index in [1.165, 1.54) is 25.9 Å². The van der Waals surface area contributed by atoms with Crippen LogP contribution in [0.4, 0.5) is 11.5 Å². The topological polar surface area (TPSA) is 48.6 Å². The highest BCUT2D eigenvalue weighted by Gasteiger charge is 2.26.